The van der Waals surface area contributed by atoms with E-state index in [1.807, 2.05) is 13.8 Å². The zero-order chi connectivity index (χ0) is 30.7. The molecule has 0 aliphatic heterocycles. The lowest BCUT2D eigenvalue weighted by molar-refractivity contribution is -0.182. The number of fused-ring (bicyclic) bond motifs is 3. The molecule has 4 rings (SSSR count). The van der Waals surface area contributed by atoms with Crippen LogP contribution in [0.3, 0.4) is 0 Å². The van der Waals surface area contributed by atoms with Crippen molar-refractivity contribution >= 4 is 46.5 Å². The number of hydrogen-bond donors (Lipinski definition) is 4. The van der Waals surface area contributed by atoms with Gasteiger partial charge in [-0.15, -0.1) is 0 Å². The zero-order valence-electron chi connectivity index (χ0n) is 24.0. The fourth-order valence-electron chi connectivity index (χ4n) is 6.78. The number of benzene rings is 1. The van der Waals surface area contributed by atoms with Crippen LogP contribution in [0.5, 0.6) is 5.75 Å². The zero-order valence-corrected chi connectivity index (χ0v) is 24.0. The minimum Gasteiger partial charge on any atom is -0.505 e. The third kappa shape index (κ3) is 4.67. The molecule has 12 nitrogen and oxygen atoms in total. The van der Waals surface area contributed by atoms with Crippen molar-refractivity contribution in [3.63, 3.8) is 0 Å². The molecule has 12 heteroatoms. The highest BCUT2D eigenvalue weighted by atomic mass is 16.5. The third-order valence-electron chi connectivity index (χ3n) is 8.56. The molecule has 3 aliphatic rings. The first-order chi connectivity index (χ1) is 19.0. The molecular weight excluding hydrogens is 534 g/mol. The number of phenolic OH excluding ortho intramolecular Hbond substituents is 1. The van der Waals surface area contributed by atoms with E-state index in [-0.39, 0.29) is 36.6 Å². The molecule has 2 unspecified atom stereocenters. The van der Waals surface area contributed by atoms with Crippen LogP contribution < -0.4 is 16.0 Å². The van der Waals surface area contributed by atoms with Gasteiger partial charge in [0.05, 0.1) is 23.8 Å². The molecule has 0 spiro atoms. The van der Waals surface area contributed by atoms with Crippen LogP contribution in [0.4, 0.5) is 16.2 Å². The quantitative estimate of drug-likeness (QED) is 0.287. The Labute approximate surface area is 237 Å². The second-order valence-electron chi connectivity index (χ2n) is 12.3. The number of ketones is 4. The average molecular weight is 572 g/mol. The summed E-state index contributed by atoms with van der Waals surface area (Å²) in [5.74, 6) is -12.5. The number of aromatic hydroxyl groups is 1. The van der Waals surface area contributed by atoms with Crippen molar-refractivity contribution in [3.8, 4) is 5.75 Å². The summed E-state index contributed by atoms with van der Waals surface area (Å²) in [6.45, 7) is 7.21. The van der Waals surface area contributed by atoms with Gasteiger partial charge in [0.1, 0.15) is 5.75 Å². The van der Waals surface area contributed by atoms with Gasteiger partial charge < -0.3 is 25.6 Å². The highest BCUT2D eigenvalue weighted by Crippen LogP contribution is 2.54. The first-order valence-corrected chi connectivity index (χ1v) is 13.7. The van der Waals surface area contributed by atoms with E-state index >= 15 is 0 Å². The number of anilines is 2. The van der Waals surface area contributed by atoms with Gasteiger partial charge in [0.25, 0.3) is 0 Å². The largest absolute Gasteiger partial charge is 0.505 e. The maximum atomic E-state index is 14.0. The van der Waals surface area contributed by atoms with Crippen molar-refractivity contribution in [3.05, 3.63) is 17.2 Å². The normalized spacial score (nSPS) is 29.1. The van der Waals surface area contributed by atoms with Gasteiger partial charge in [0, 0.05) is 31.6 Å². The molecule has 2 saturated carbocycles. The van der Waals surface area contributed by atoms with E-state index in [2.05, 4.69) is 5.32 Å². The number of nitrogens with zero attached hydrogens (tertiary/aromatic N) is 1. The Bertz CT molecular complexity index is 1350. The molecular formula is C29H37N3O9. The third-order valence-corrected chi connectivity index (χ3v) is 8.56. The number of phenols is 1. The van der Waals surface area contributed by atoms with Gasteiger partial charge in [-0.2, -0.15) is 0 Å². The Hall–Kier alpha value is -3.80. The van der Waals surface area contributed by atoms with Gasteiger partial charge in [-0.25, -0.2) is 4.79 Å². The first kappa shape index (κ1) is 30.2. The van der Waals surface area contributed by atoms with E-state index in [4.69, 9.17) is 10.5 Å². The molecule has 41 heavy (non-hydrogen) atoms. The SMILES string of the molecule is CC(C)COC(=O)Nc1cc(N(C)C)c2c(c1O)C(=O)C1C(=O)[C@]3(O)C(=O)C(C(N)=O)C(=O)[C@@H](C(C)C)[C@@H]3C[C@@H]1C2. The van der Waals surface area contributed by atoms with E-state index < -0.39 is 82.0 Å². The molecule has 2 fully saturated rings. The Morgan fingerprint density at radius 1 is 1.15 bits per heavy atom. The summed E-state index contributed by atoms with van der Waals surface area (Å²) in [4.78, 5) is 80.9. The second kappa shape index (κ2) is 10.6. The van der Waals surface area contributed by atoms with E-state index in [9.17, 15) is 39.0 Å². The second-order valence-corrected chi connectivity index (χ2v) is 12.3. The summed E-state index contributed by atoms with van der Waals surface area (Å²) in [6.07, 6.45) is -0.741. The van der Waals surface area contributed by atoms with E-state index in [1.165, 1.54) is 6.07 Å². The summed E-state index contributed by atoms with van der Waals surface area (Å²) >= 11 is 0. The predicted octanol–water partition coefficient (Wildman–Crippen LogP) is 1.48. The number of Topliss-reactive ketones (excluding diaryl/α,β-unsaturated/α-hetero) is 4. The first-order valence-electron chi connectivity index (χ1n) is 13.7. The van der Waals surface area contributed by atoms with Gasteiger partial charge in [-0.05, 0) is 42.2 Å². The van der Waals surface area contributed by atoms with Gasteiger partial charge >= 0.3 is 6.09 Å². The van der Waals surface area contributed by atoms with Gasteiger partial charge in [-0.1, -0.05) is 27.7 Å². The summed E-state index contributed by atoms with van der Waals surface area (Å²) in [6, 6.07) is 1.50. The summed E-state index contributed by atoms with van der Waals surface area (Å²) in [7, 11) is 3.43. The maximum absolute atomic E-state index is 14.0. The number of hydrogen-bond acceptors (Lipinski definition) is 10. The van der Waals surface area contributed by atoms with Crippen molar-refractivity contribution in [2.75, 3.05) is 30.9 Å². The van der Waals surface area contributed by atoms with Crippen molar-refractivity contribution in [1.29, 1.82) is 0 Å². The molecule has 1 aromatic carbocycles. The fourth-order valence-corrected chi connectivity index (χ4v) is 6.78. The Morgan fingerprint density at radius 2 is 1.78 bits per heavy atom. The minimum atomic E-state index is -2.77. The van der Waals surface area contributed by atoms with Crippen LogP contribution in [0.15, 0.2) is 6.07 Å². The predicted molar refractivity (Wildman–Crippen MR) is 146 cm³/mol. The summed E-state index contributed by atoms with van der Waals surface area (Å²) in [5.41, 5.74) is 3.21. The van der Waals surface area contributed by atoms with Crippen molar-refractivity contribution in [2.45, 2.75) is 46.1 Å². The number of nitrogens with two attached hydrogens (primary N) is 1. The number of primary amides is 1. The number of ether oxygens (including phenoxy) is 1. The number of rotatable bonds is 6. The molecule has 0 heterocycles. The Kier molecular flexibility index (Phi) is 7.76. The fraction of sp³-hybridized carbons (Fsp3) is 0.586. The lowest BCUT2D eigenvalue weighted by Crippen LogP contribution is -2.71. The van der Waals surface area contributed by atoms with Gasteiger partial charge in [0.2, 0.25) is 5.91 Å². The van der Waals surface area contributed by atoms with Crippen molar-refractivity contribution < 1.29 is 43.7 Å². The average Bonchev–Trinajstić information content (AvgIpc) is 2.85. The number of nitrogens with one attached hydrogen (secondary N) is 1. The maximum Gasteiger partial charge on any atom is 0.411 e. The minimum absolute atomic E-state index is 0.0148. The lowest BCUT2D eigenvalue weighted by Gasteiger charge is -2.52. The number of aliphatic hydroxyl groups is 1. The highest BCUT2D eigenvalue weighted by molar-refractivity contribution is 6.32. The van der Waals surface area contributed by atoms with Crippen LogP contribution in [0.1, 0.15) is 50.0 Å². The number of amides is 2. The molecule has 3 aliphatic carbocycles. The number of carbonyl (C=O) groups is 6. The Balaban J connectivity index is 1.83. The van der Waals surface area contributed by atoms with Crippen LogP contribution in [0, 0.1) is 41.4 Å². The molecule has 5 N–H and O–H groups in total. The summed E-state index contributed by atoms with van der Waals surface area (Å²) in [5, 5.41) is 25.3. The van der Waals surface area contributed by atoms with E-state index in [0.29, 0.717) is 11.3 Å². The highest BCUT2D eigenvalue weighted by Gasteiger charge is 2.69. The van der Waals surface area contributed by atoms with Crippen LogP contribution >= 0.6 is 0 Å². The number of carbonyl (C=O) groups excluding carboxylic acids is 6. The smallest absolute Gasteiger partial charge is 0.411 e. The summed E-state index contributed by atoms with van der Waals surface area (Å²) < 4.78 is 5.14. The molecule has 6 atom stereocenters. The molecule has 0 aromatic heterocycles. The van der Waals surface area contributed by atoms with Crippen LogP contribution in [0.2, 0.25) is 0 Å². The van der Waals surface area contributed by atoms with Crippen molar-refractivity contribution in [2.24, 2.45) is 47.2 Å². The van der Waals surface area contributed by atoms with Crippen LogP contribution in [0.25, 0.3) is 0 Å². The molecule has 0 saturated heterocycles. The van der Waals surface area contributed by atoms with Crippen molar-refractivity contribution in [1.82, 2.24) is 0 Å². The van der Waals surface area contributed by atoms with Crippen LogP contribution in [-0.4, -0.2) is 71.6 Å². The molecule has 1 aromatic rings. The van der Waals surface area contributed by atoms with E-state index in [0.717, 1.165) is 0 Å². The van der Waals surface area contributed by atoms with Gasteiger partial charge in [0.15, 0.2) is 34.7 Å². The molecule has 0 radical (unpaired) electrons. The van der Waals surface area contributed by atoms with E-state index in [1.54, 1.807) is 32.8 Å². The standard InChI is InChI=1S/C29H37N3O9/c1-11(2)10-41-28(39)31-16-9-17(32(5)6)14-7-13-8-15-18(12(3)4)23(34)21(27(30)38)26(37)29(15,40)25(36)19(13)24(35)20(14)22(16)33/h9,11-13,15,18-19,21,33,40H,7-8,10H2,1-6H3,(H2,30,38)(H,31,39)/t13-,15-,18-,19?,21?,29-/m0/s1. The molecule has 222 valence electrons. The van der Waals surface area contributed by atoms with Gasteiger partial charge in [-0.3, -0.25) is 29.3 Å². The molecule has 2 amide bonds. The van der Waals surface area contributed by atoms with Crippen LogP contribution in [-0.2, 0) is 30.3 Å². The topological polar surface area (TPSA) is 193 Å². The lowest BCUT2D eigenvalue weighted by atomic mass is 9.50. The molecule has 0 bridgehead atoms. The monoisotopic (exact) mass is 571 g/mol. The Morgan fingerprint density at radius 3 is 2.32 bits per heavy atom.